The van der Waals surface area contributed by atoms with Crippen LogP contribution in [-0.2, 0) is 10.0 Å². The quantitative estimate of drug-likeness (QED) is 0.293. The lowest BCUT2D eigenvalue weighted by molar-refractivity contribution is 0.549. The van der Waals surface area contributed by atoms with Crippen molar-refractivity contribution in [3.63, 3.8) is 0 Å². The summed E-state index contributed by atoms with van der Waals surface area (Å²) in [4.78, 5) is 6.71. The van der Waals surface area contributed by atoms with Crippen molar-refractivity contribution in [2.75, 3.05) is 15.9 Å². The van der Waals surface area contributed by atoms with Gasteiger partial charge in [-0.05, 0) is 85.4 Å². The minimum absolute atomic E-state index is 0.200. The highest BCUT2D eigenvalue weighted by molar-refractivity contribution is 9.10. The highest BCUT2D eigenvalue weighted by Gasteiger charge is 2.42. The van der Waals surface area contributed by atoms with Crippen LogP contribution in [0.1, 0.15) is 29.0 Å². The number of anilines is 2. The smallest absolute Gasteiger partial charge is 0.229 e. The average Bonchev–Trinajstić information content (AvgIpc) is 3.44. The standard InChI is InChI=1S/C26H24BrN5O2S2/c1-17-15-20(11-12-21(17)30-36(2,33)34)32-25(24(29-26(32)35)22-9-3-4-13-28-22)23-10-6-14-31(23)19-8-5-7-18(27)16-19/h3-16,24-25,30H,1-2H3,(H,29,35)/t24-,25-/m0/s1. The zero-order valence-electron chi connectivity index (χ0n) is 19.6. The lowest BCUT2D eigenvalue weighted by Gasteiger charge is -2.29. The van der Waals surface area contributed by atoms with Gasteiger partial charge in [-0.2, -0.15) is 0 Å². The van der Waals surface area contributed by atoms with Crippen LogP contribution < -0.4 is 14.9 Å². The maximum Gasteiger partial charge on any atom is 0.229 e. The molecule has 1 aliphatic rings. The van der Waals surface area contributed by atoms with E-state index in [2.05, 4.69) is 58.6 Å². The normalized spacial score (nSPS) is 17.8. The van der Waals surface area contributed by atoms with Crippen LogP contribution in [0.3, 0.4) is 0 Å². The molecule has 36 heavy (non-hydrogen) atoms. The van der Waals surface area contributed by atoms with E-state index in [0.29, 0.717) is 10.8 Å². The van der Waals surface area contributed by atoms with Gasteiger partial charge < -0.3 is 14.8 Å². The SMILES string of the molecule is Cc1cc(N2C(=S)N[C@@H](c3ccccn3)[C@@H]2c2cccn2-c2cccc(Br)c2)ccc1NS(C)(=O)=O. The Morgan fingerprint density at radius 1 is 1.03 bits per heavy atom. The fraction of sp³-hybridized carbons (Fsp3) is 0.154. The zero-order chi connectivity index (χ0) is 25.4. The molecule has 0 saturated carbocycles. The molecule has 4 aromatic rings. The Morgan fingerprint density at radius 2 is 1.86 bits per heavy atom. The molecule has 2 aromatic carbocycles. The lowest BCUT2D eigenvalue weighted by Crippen LogP contribution is -2.30. The first-order chi connectivity index (χ1) is 17.2. The van der Waals surface area contributed by atoms with Crippen molar-refractivity contribution in [1.82, 2.24) is 14.9 Å². The molecule has 0 radical (unpaired) electrons. The fourth-order valence-electron chi connectivity index (χ4n) is 4.54. The van der Waals surface area contributed by atoms with Gasteiger partial charge in [-0.3, -0.25) is 9.71 Å². The van der Waals surface area contributed by atoms with E-state index in [1.807, 2.05) is 61.7 Å². The van der Waals surface area contributed by atoms with Gasteiger partial charge in [-0.25, -0.2) is 8.42 Å². The molecule has 3 heterocycles. The minimum atomic E-state index is -3.39. The molecule has 2 N–H and O–H groups in total. The maximum absolute atomic E-state index is 11.8. The Kier molecular flexibility index (Phi) is 6.59. The predicted octanol–water partition coefficient (Wildman–Crippen LogP) is 5.49. The summed E-state index contributed by atoms with van der Waals surface area (Å²) >= 11 is 9.44. The molecule has 10 heteroatoms. The van der Waals surface area contributed by atoms with Crippen LogP contribution in [0.15, 0.2) is 89.7 Å². The van der Waals surface area contributed by atoms with Gasteiger partial charge in [-0.1, -0.05) is 28.1 Å². The van der Waals surface area contributed by atoms with Crippen LogP contribution in [-0.4, -0.2) is 29.3 Å². The molecule has 0 amide bonds. The first-order valence-electron chi connectivity index (χ1n) is 11.2. The zero-order valence-corrected chi connectivity index (χ0v) is 22.8. The Balaban J connectivity index is 1.64. The van der Waals surface area contributed by atoms with Gasteiger partial charge >= 0.3 is 0 Å². The van der Waals surface area contributed by atoms with Crippen LogP contribution in [0, 0.1) is 6.92 Å². The summed E-state index contributed by atoms with van der Waals surface area (Å²) in [6.45, 7) is 1.87. The van der Waals surface area contributed by atoms with Gasteiger partial charge in [-0.15, -0.1) is 0 Å². The number of pyridine rings is 1. The number of sulfonamides is 1. The number of aryl methyl sites for hydroxylation is 1. The second-order valence-electron chi connectivity index (χ2n) is 8.65. The third kappa shape index (κ3) is 4.88. The largest absolute Gasteiger partial charge is 0.351 e. The molecular weight excluding hydrogens is 558 g/mol. The second-order valence-corrected chi connectivity index (χ2v) is 11.7. The maximum atomic E-state index is 11.8. The summed E-state index contributed by atoms with van der Waals surface area (Å²) in [6.07, 6.45) is 4.96. The van der Waals surface area contributed by atoms with Crippen molar-refractivity contribution in [3.05, 3.63) is 107 Å². The highest BCUT2D eigenvalue weighted by Crippen LogP contribution is 2.43. The van der Waals surface area contributed by atoms with E-state index in [1.165, 1.54) is 0 Å². The predicted molar refractivity (Wildman–Crippen MR) is 151 cm³/mol. The van der Waals surface area contributed by atoms with Gasteiger partial charge in [0.15, 0.2) is 5.11 Å². The summed E-state index contributed by atoms with van der Waals surface area (Å²) in [6, 6.07) is 23.3. The first-order valence-corrected chi connectivity index (χ1v) is 14.3. The topological polar surface area (TPSA) is 79.3 Å². The molecular formula is C26H24BrN5O2S2. The van der Waals surface area contributed by atoms with Gasteiger partial charge in [0.25, 0.3) is 0 Å². The van der Waals surface area contributed by atoms with Crippen molar-refractivity contribution >= 4 is 54.7 Å². The number of hydrogen-bond acceptors (Lipinski definition) is 4. The molecule has 1 saturated heterocycles. The Morgan fingerprint density at radius 3 is 2.56 bits per heavy atom. The molecule has 5 rings (SSSR count). The van der Waals surface area contributed by atoms with Crippen molar-refractivity contribution in [1.29, 1.82) is 0 Å². The number of hydrogen-bond donors (Lipinski definition) is 2. The Labute approximate surface area is 224 Å². The molecule has 2 aromatic heterocycles. The monoisotopic (exact) mass is 581 g/mol. The average molecular weight is 583 g/mol. The van der Waals surface area contributed by atoms with Crippen LogP contribution in [0.4, 0.5) is 11.4 Å². The molecule has 0 aliphatic carbocycles. The number of benzene rings is 2. The van der Waals surface area contributed by atoms with E-state index in [0.717, 1.165) is 39.1 Å². The van der Waals surface area contributed by atoms with Gasteiger partial charge in [0.05, 0.1) is 23.7 Å². The third-order valence-electron chi connectivity index (χ3n) is 6.05. The molecule has 2 atom stereocenters. The van der Waals surface area contributed by atoms with Gasteiger partial charge in [0, 0.05) is 33.9 Å². The van der Waals surface area contributed by atoms with Crippen molar-refractivity contribution < 1.29 is 8.42 Å². The van der Waals surface area contributed by atoms with E-state index in [-0.39, 0.29) is 12.1 Å². The summed E-state index contributed by atoms with van der Waals surface area (Å²) in [5, 5.41) is 4.05. The summed E-state index contributed by atoms with van der Waals surface area (Å²) in [5.41, 5.74) is 5.12. The molecule has 184 valence electrons. The van der Waals surface area contributed by atoms with Gasteiger partial charge in [0.2, 0.25) is 10.0 Å². The first kappa shape index (κ1) is 24.5. The number of nitrogens with one attached hydrogen (secondary N) is 2. The van der Waals surface area contributed by atoms with Crippen molar-refractivity contribution in [3.8, 4) is 5.69 Å². The number of nitrogens with zero attached hydrogens (tertiary/aromatic N) is 3. The molecule has 0 unspecified atom stereocenters. The number of aromatic nitrogens is 2. The van der Waals surface area contributed by atoms with E-state index < -0.39 is 10.0 Å². The summed E-state index contributed by atoms with van der Waals surface area (Å²) < 4.78 is 29.3. The van der Waals surface area contributed by atoms with E-state index >= 15 is 0 Å². The number of halogens is 1. The lowest BCUT2D eigenvalue weighted by atomic mass is 10.0. The Bertz CT molecular complexity index is 1540. The van der Waals surface area contributed by atoms with Crippen LogP contribution in [0.2, 0.25) is 0 Å². The molecule has 7 nitrogen and oxygen atoms in total. The van der Waals surface area contributed by atoms with E-state index in [1.54, 1.807) is 12.3 Å². The summed E-state index contributed by atoms with van der Waals surface area (Å²) in [7, 11) is -3.39. The van der Waals surface area contributed by atoms with Gasteiger partial charge in [0.1, 0.15) is 6.04 Å². The van der Waals surface area contributed by atoms with Crippen molar-refractivity contribution in [2.45, 2.75) is 19.0 Å². The third-order valence-corrected chi connectivity index (χ3v) is 7.45. The molecule has 1 fully saturated rings. The molecule has 1 aliphatic heterocycles. The van der Waals surface area contributed by atoms with Crippen LogP contribution >= 0.6 is 28.1 Å². The molecule has 0 bridgehead atoms. The second kappa shape index (κ2) is 9.68. The summed E-state index contributed by atoms with van der Waals surface area (Å²) in [5.74, 6) is 0. The Hall–Kier alpha value is -3.21. The highest BCUT2D eigenvalue weighted by atomic mass is 79.9. The van der Waals surface area contributed by atoms with Crippen molar-refractivity contribution in [2.24, 2.45) is 0 Å². The minimum Gasteiger partial charge on any atom is -0.351 e. The van der Waals surface area contributed by atoms with E-state index in [4.69, 9.17) is 12.2 Å². The van der Waals surface area contributed by atoms with Crippen LogP contribution in [0.25, 0.3) is 5.69 Å². The number of thiocarbonyl (C=S) groups is 1. The molecule has 0 spiro atoms. The number of rotatable bonds is 6. The fourth-order valence-corrected chi connectivity index (χ4v) is 5.90. The van der Waals surface area contributed by atoms with E-state index in [9.17, 15) is 8.42 Å². The van der Waals surface area contributed by atoms with Crippen LogP contribution in [0.5, 0.6) is 0 Å².